The lowest BCUT2D eigenvalue weighted by Crippen LogP contribution is -2.19. The second-order valence-electron chi connectivity index (χ2n) is 4.98. The highest BCUT2D eigenvalue weighted by atomic mass is 16.4. The molecule has 0 saturated carbocycles. The van der Waals surface area contributed by atoms with Crippen LogP contribution in [0, 0.1) is 0 Å². The van der Waals surface area contributed by atoms with Crippen molar-refractivity contribution in [1.29, 1.82) is 0 Å². The Morgan fingerprint density at radius 3 is 2.47 bits per heavy atom. The highest BCUT2D eigenvalue weighted by molar-refractivity contribution is 5.66. The molecule has 1 aromatic rings. The number of aliphatic carboxylic acids is 1. The molecule has 3 heteroatoms. The smallest absolute Gasteiger partial charge is 0.303 e. The lowest BCUT2D eigenvalue weighted by molar-refractivity contribution is -0.137. The van der Waals surface area contributed by atoms with Gasteiger partial charge in [0.2, 0.25) is 0 Å². The number of benzene rings is 1. The Labute approximate surface area is 116 Å². The molecule has 106 valence electrons. The van der Waals surface area contributed by atoms with Gasteiger partial charge in [0.25, 0.3) is 0 Å². The summed E-state index contributed by atoms with van der Waals surface area (Å²) in [6.07, 6.45) is 4.14. The zero-order chi connectivity index (χ0) is 14.1. The largest absolute Gasteiger partial charge is 0.481 e. The van der Waals surface area contributed by atoms with Gasteiger partial charge in [-0.3, -0.25) is 4.79 Å². The third-order valence-electron chi connectivity index (χ3n) is 3.41. The molecule has 1 aromatic carbocycles. The van der Waals surface area contributed by atoms with Crippen molar-refractivity contribution in [3.05, 3.63) is 35.4 Å². The van der Waals surface area contributed by atoms with Gasteiger partial charge in [0.05, 0.1) is 0 Å². The number of nitrogens with one attached hydrogen (secondary N) is 1. The van der Waals surface area contributed by atoms with Crippen molar-refractivity contribution in [3.63, 3.8) is 0 Å². The molecule has 1 atom stereocenters. The number of aryl methyl sites for hydroxylation is 1. The van der Waals surface area contributed by atoms with Crippen molar-refractivity contribution in [2.45, 2.75) is 52.0 Å². The molecule has 1 rings (SSSR count). The number of carboxylic acids is 1. The maximum absolute atomic E-state index is 10.4. The highest BCUT2D eigenvalue weighted by Gasteiger charge is 2.04. The third-order valence-corrected chi connectivity index (χ3v) is 3.41. The lowest BCUT2D eigenvalue weighted by atomic mass is 10.0. The minimum absolute atomic E-state index is 0.286. The summed E-state index contributed by atoms with van der Waals surface area (Å²) in [5, 5.41) is 12.0. The molecule has 0 saturated heterocycles. The van der Waals surface area contributed by atoms with Crippen molar-refractivity contribution < 1.29 is 9.90 Å². The number of hydrogen-bond donors (Lipinski definition) is 2. The quantitative estimate of drug-likeness (QED) is 0.670. The molecule has 0 amide bonds. The first-order valence-electron chi connectivity index (χ1n) is 7.17. The Balaban J connectivity index is 2.19. The van der Waals surface area contributed by atoms with E-state index in [9.17, 15) is 4.79 Å². The zero-order valence-corrected chi connectivity index (χ0v) is 12.0. The van der Waals surface area contributed by atoms with Crippen LogP contribution in [0.25, 0.3) is 0 Å². The van der Waals surface area contributed by atoms with E-state index in [1.165, 1.54) is 11.1 Å². The fraction of sp³-hybridized carbons (Fsp3) is 0.562. The van der Waals surface area contributed by atoms with Crippen LogP contribution in [0.4, 0.5) is 0 Å². The van der Waals surface area contributed by atoms with E-state index in [2.05, 4.69) is 43.4 Å². The van der Waals surface area contributed by atoms with Crippen LogP contribution in [-0.2, 0) is 11.2 Å². The third kappa shape index (κ3) is 6.39. The zero-order valence-electron chi connectivity index (χ0n) is 12.0. The van der Waals surface area contributed by atoms with Gasteiger partial charge in [-0.2, -0.15) is 0 Å². The molecule has 0 aliphatic rings. The second kappa shape index (κ2) is 8.70. The Kier molecular flexibility index (Phi) is 7.19. The summed E-state index contributed by atoms with van der Waals surface area (Å²) in [6.45, 7) is 5.27. The van der Waals surface area contributed by atoms with Gasteiger partial charge in [-0.1, -0.05) is 37.6 Å². The van der Waals surface area contributed by atoms with E-state index in [1.807, 2.05) is 0 Å². The average Bonchev–Trinajstić information content (AvgIpc) is 2.42. The van der Waals surface area contributed by atoms with E-state index in [0.717, 1.165) is 32.2 Å². The molecule has 0 bridgehead atoms. The van der Waals surface area contributed by atoms with E-state index < -0.39 is 5.97 Å². The molecule has 0 fully saturated rings. The van der Waals surface area contributed by atoms with Gasteiger partial charge in [0.1, 0.15) is 0 Å². The fourth-order valence-corrected chi connectivity index (χ4v) is 2.06. The van der Waals surface area contributed by atoms with Crippen molar-refractivity contribution in [2.75, 3.05) is 6.54 Å². The maximum Gasteiger partial charge on any atom is 0.303 e. The average molecular weight is 263 g/mol. The van der Waals surface area contributed by atoms with E-state index in [1.54, 1.807) is 0 Å². The van der Waals surface area contributed by atoms with Crippen molar-refractivity contribution >= 4 is 5.97 Å². The van der Waals surface area contributed by atoms with Crippen LogP contribution in [0.5, 0.6) is 0 Å². The lowest BCUT2D eigenvalue weighted by Gasteiger charge is -2.14. The SMILES string of the molecule is CCc1ccc(C(C)NCCCCCC(=O)O)cc1. The topological polar surface area (TPSA) is 49.3 Å². The summed E-state index contributed by atoms with van der Waals surface area (Å²) in [6, 6.07) is 9.08. The van der Waals surface area contributed by atoms with Gasteiger partial charge >= 0.3 is 5.97 Å². The maximum atomic E-state index is 10.4. The molecule has 2 N–H and O–H groups in total. The van der Waals surface area contributed by atoms with Gasteiger partial charge in [-0.15, -0.1) is 0 Å². The van der Waals surface area contributed by atoms with Crippen molar-refractivity contribution in [1.82, 2.24) is 5.32 Å². The van der Waals surface area contributed by atoms with Gasteiger partial charge < -0.3 is 10.4 Å². The van der Waals surface area contributed by atoms with Gasteiger partial charge in [-0.05, 0) is 43.9 Å². The number of rotatable bonds is 9. The van der Waals surface area contributed by atoms with Gasteiger partial charge in [0, 0.05) is 12.5 Å². The second-order valence-corrected chi connectivity index (χ2v) is 4.98. The van der Waals surface area contributed by atoms with Gasteiger partial charge in [-0.25, -0.2) is 0 Å². The monoisotopic (exact) mass is 263 g/mol. The molecule has 0 radical (unpaired) electrons. The molecule has 19 heavy (non-hydrogen) atoms. The van der Waals surface area contributed by atoms with Crippen LogP contribution in [0.1, 0.15) is 56.7 Å². The van der Waals surface area contributed by atoms with Crippen LogP contribution in [0.2, 0.25) is 0 Å². The van der Waals surface area contributed by atoms with Crippen LogP contribution < -0.4 is 5.32 Å². The predicted octanol–water partition coefficient (Wildman–Crippen LogP) is 3.54. The fourth-order valence-electron chi connectivity index (χ4n) is 2.06. The van der Waals surface area contributed by atoms with Crippen LogP contribution >= 0.6 is 0 Å². The first kappa shape index (κ1) is 15.7. The van der Waals surface area contributed by atoms with Crippen molar-refractivity contribution in [3.8, 4) is 0 Å². The first-order valence-corrected chi connectivity index (χ1v) is 7.17. The standard InChI is InChI=1S/C16H25NO2/c1-3-14-8-10-15(11-9-14)13(2)17-12-6-4-5-7-16(18)19/h8-11,13,17H,3-7,12H2,1-2H3,(H,18,19). The Morgan fingerprint density at radius 2 is 1.89 bits per heavy atom. The molecule has 0 heterocycles. The molecule has 0 aliphatic heterocycles. The molecule has 0 aromatic heterocycles. The number of unbranched alkanes of at least 4 members (excludes halogenated alkanes) is 2. The summed E-state index contributed by atoms with van der Waals surface area (Å²) >= 11 is 0. The summed E-state index contributed by atoms with van der Waals surface area (Å²) in [5.74, 6) is -0.697. The van der Waals surface area contributed by atoms with Crippen LogP contribution in [0.15, 0.2) is 24.3 Å². The normalized spacial score (nSPS) is 12.3. The first-order chi connectivity index (χ1) is 9.13. The molecule has 0 spiro atoms. The number of carboxylic acid groups (broad SMARTS) is 1. The summed E-state index contributed by atoms with van der Waals surface area (Å²) < 4.78 is 0. The van der Waals surface area contributed by atoms with Crippen molar-refractivity contribution in [2.24, 2.45) is 0 Å². The summed E-state index contributed by atoms with van der Waals surface area (Å²) in [7, 11) is 0. The number of carbonyl (C=O) groups is 1. The molecule has 1 unspecified atom stereocenters. The predicted molar refractivity (Wildman–Crippen MR) is 78.3 cm³/mol. The molecule has 0 aliphatic carbocycles. The summed E-state index contributed by atoms with van der Waals surface area (Å²) in [5.41, 5.74) is 2.67. The van der Waals surface area contributed by atoms with Crippen LogP contribution in [-0.4, -0.2) is 17.6 Å². The van der Waals surface area contributed by atoms with E-state index >= 15 is 0 Å². The Bertz CT molecular complexity index is 373. The molecular formula is C16H25NO2. The minimum Gasteiger partial charge on any atom is -0.481 e. The molecule has 3 nitrogen and oxygen atoms in total. The van der Waals surface area contributed by atoms with Crippen LogP contribution in [0.3, 0.4) is 0 Å². The Hall–Kier alpha value is -1.35. The van der Waals surface area contributed by atoms with Gasteiger partial charge in [0.15, 0.2) is 0 Å². The molecular weight excluding hydrogens is 238 g/mol. The Morgan fingerprint density at radius 1 is 1.21 bits per heavy atom. The highest BCUT2D eigenvalue weighted by Crippen LogP contribution is 2.13. The van der Waals surface area contributed by atoms with E-state index in [0.29, 0.717) is 6.04 Å². The summed E-state index contributed by atoms with van der Waals surface area (Å²) in [4.78, 5) is 10.4. The van der Waals surface area contributed by atoms with E-state index in [4.69, 9.17) is 5.11 Å². The number of hydrogen-bond acceptors (Lipinski definition) is 2. The van der Waals surface area contributed by atoms with E-state index in [-0.39, 0.29) is 6.42 Å². The minimum atomic E-state index is -0.697.